The van der Waals surface area contributed by atoms with Gasteiger partial charge in [-0.1, -0.05) is 12.8 Å². The number of amides is 1. The Kier molecular flexibility index (Phi) is 3.47. The molecule has 2 atom stereocenters. The van der Waals surface area contributed by atoms with Gasteiger partial charge in [0.15, 0.2) is 0 Å². The van der Waals surface area contributed by atoms with E-state index in [1.807, 2.05) is 14.0 Å². The van der Waals surface area contributed by atoms with Crippen LogP contribution in [0, 0.1) is 6.92 Å². The summed E-state index contributed by atoms with van der Waals surface area (Å²) in [4.78, 5) is 12.1. The number of hydrogen-bond donors (Lipinski definition) is 2. The molecule has 5 nitrogen and oxygen atoms in total. The van der Waals surface area contributed by atoms with Crippen molar-refractivity contribution in [2.45, 2.75) is 44.7 Å². The van der Waals surface area contributed by atoms with E-state index in [4.69, 9.17) is 5.73 Å². The molecule has 1 aromatic rings. The minimum atomic E-state index is -0.0575. The molecule has 1 amide bonds. The summed E-state index contributed by atoms with van der Waals surface area (Å²) in [6, 6.07) is 0.195. The Balaban J connectivity index is 2.03. The second-order valence-corrected chi connectivity index (χ2v) is 4.83. The van der Waals surface area contributed by atoms with Crippen LogP contribution >= 0.6 is 0 Å². The number of aryl methyl sites for hydroxylation is 2. The number of hydrogen-bond acceptors (Lipinski definition) is 3. The zero-order chi connectivity index (χ0) is 12.4. The molecular formula is C12H20N4O. The largest absolute Gasteiger partial charge is 0.348 e. The number of nitrogens with zero attached hydrogens (tertiary/aromatic N) is 2. The second-order valence-electron chi connectivity index (χ2n) is 4.83. The minimum Gasteiger partial charge on any atom is -0.348 e. The fourth-order valence-corrected chi connectivity index (χ4v) is 2.41. The van der Waals surface area contributed by atoms with E-state index in [0.29, 0.717) is 5.56 Å². The number of nitrogens with one attached hydrogen (secondary N) is 1. The third-order valence-corrected chi connectivity index (χ3v) is 3.39. The SMILES string of the molecule is Cc1nn(C)cc1C(=O)N[C@@H]1CCCC[C@H]1N. The van der Waals surface area contributed by atoms with Crippen LogP contribution in [0.4, 0.5) is 0 Å². The Hall–Kier alpha value is -1.36. The van der Waals surface area contributed by atoms with Crippen LogP contribution in [0.2, 0.25) is 0 Å². The van der Waals surface area contributed by atoms with Crippen molar-refractivity contribution in [2.75, 3.05) is 0 Å². The highest BCUT2D eigenvalue weighted by molar-refractivity contribution is 5.95. The number of carbonyl (C=O) groups excluding carboxylic acids is 1. The maximum Gasteiger partial charge on any atom is 0.255 e. The predicted molar refractivity (Wildman–Crippen MR) is 65.6 cm³/mol. The Morgan fingerprint density at radius 3 is 2.82 bits per heavy atom. The van der Waals surface area contributed by atoms with Gasteiger partial charge in [-0.15, -0.1) is 0 Å². The van der Waals surface area contributed by atoms with Crippen LogP contribution < -0.4 is 11.1 Å². The quantitative estimate of drug-likeness (QED) is 0.795. The molecule has 1 fully saturated rings. The van der Waals surface area contributed by atoms with E-state index in [1.54, 1.807) is 10.9 Å². The first-order chi connectivity index (χ1) is 8.08. The molecule has 2 rings (SSSR count). The van der Waals surface area contributed by atoms with Crippen molar-refractivity contribution in [2.24, 2.45) is 12.8 Å². The molecular weight excluding hydrogens is 216 g/mol. The highest BCUT2D eigenvalue weighted by Crippen LogP contribution is 2.17. The molecule has 0 unspecified atom stereocenters. The van der Waals surface area contributed by atoms with Gasteiger partial charge in [0.25, 0.3) is 5.91 Å². The summed E-state index contributed by atoms with van der Waals surface area (Å²) in [6.45, 7) is 1.84. The molecule has 3 N–H and O–H groups in total. The first kappa shape index (κ1) is 12.1. The zero-order valence-corrected chi connectivity index (χ0v) is 10.4. The van der Waals surface area contributed by atoms with E-state index in [-0.39, 0.29) is 18.0 Å². The van der Waals surface area contributed by atoms with E-state index in [1.165, 1.54) is 6.42 Å². The number of aromatic nitrogens is 2. The summed E-state index contributed by atoms with van der Waals surface area (Å²) in [5.74, 6) is -0.0575. The van der Waals surface area contributed by atoms with Gasteiger partial charge in [0.05, 0.1) is 11.3 Å². The summed E-state index contributed by atoms with van der Waals surface area (Å²) in [6.07, 6.45) is 6.03. The van der Waals surface area contributed by atoms with Crippen LogP contribution in [0.1, 0.15) is 41.7 Å². The minimum absolute atomic E-state index is 0.0575. The van der Waals surface area contributed by atoms with E-state index >= 15 is 0 Å². The van der Waals surface area contributed by atoms with Gasteiger partial charge >= 0.3 is 0 Å². The smallest absolute Gasteiger partial charge is 0.255 e. The fourth-order valence-electron chi connectivity index (χ4n) is 2.41. The first-order valence-corrected chi connectivity index (χ1v) is 6.14. The van der Waals surface area contributed by atoms with Gasteiger partial charge in [-0.3, -0.25) is 9.48 Å². The van der Waals surface area contributed by atoms with E-state index < -0.39 is 0 Å². The van der Waals surface area contributed by atoms with Gasteiger partial charge in [0.2, 0.25) is 0 Å². The summed E-state index contributed by atoms with van der Waals surface area (Å²) >= 11 is 0. The highest BCUT2D eigenvalue weighted by atomic mass is 16.1. The molecule has 0 radical (unpaired) electrons. The Morgan fingerprint density at radius 2 is 2.24 bits per heavy atom. The van der Waals surface area contributed by atoms with Crippen molar-refractivity contribution in [1.29, 1.82) is 0 Å². The third-order valence-electron chi connectivity index (χ3n) is 3.39. The lowest BCUT2D eigenvalue weighted by Crippen LogP contribution is -2.49. The van der Waals surface area contributed by atoms with Gasteiger partial charge in [-0.25, -0.2) is 0 Å². The monoisotopic (exact) mass is 236 g/mol. The standard InChI is InChI=1S/C12H20N4O/c1-8-9(7-16(2)15-8)12(17)14-11-6-4-3-5-10(11)13/h7,10-11H,3-6,13H2,1-2H3,(H,14,17)/t10-,11-/m1/s1. The molecule has 0 aliphatic heterocycles. The lowest BCUT2D eigenvalue weighted by molar-refractivity contribution is 0.0920. The number of rotatable bonds is 2. The molecule has 1 heterocycles. The normalized spacial score (nSPS) is 24.6. The van der Waals surface area contributed by atoms with Crippen LogP contribution in [0.5, 0.6) is 0 Å². The Morgan fingerprint density at radius 1 is 1.53 bits per heavy atom. The van der Waals surface area contributed by atoms with Crippen molar-refractivity contribution < 1.29 is 4.79 Å². The summed E-state index contributed by atoms with van der Waals surface area (Å²) in [5, 5.41) is 7.19. The molecule has 0 aromatic carbocycles. The second kappa shape index (κ2) is 4.87. The van der Waals surface area contributed by atoms with E-state index in [0.717, 1.165) is 25.0 Å². The van der Waals surface area contributed by atoms with E-state index in [9.17, 15) is 4.79 Å². The summed E-state index contributed by atoms with van der Waals surface area (Å²) < 4.78 is 1.66. The van der Waals surface area contributed by atoms with Gasteiger partial charge in [-0.05, 0) is 19.8 Å². The molecule has 1 saturated carbocycles. The summed E-state index contributed by atoms with van der Waals surface area (Å²) in [5.41, 5.74) is 7.42. The van der Waals surface area contributed by atoms with Crippen molar-refractivity contribution in [3.63, 3.8) is 0 Å². The predicted octanol–water partition coefficient (Wildman–Crippen LogP) is 0.728. The average molecular weight is 236 g/mol. The van der Waals surface area contributed by atoms with Crippen molar-refractivity contribution in [3.05, 3.63) is 17.5 Å². The fraction of sp³-hybridized carbons (Fsp3) is 0.667. The lowest BCUT2D eigenvalue weighted by Gasteiger charge is -2.29. The lowest BCUT2D eigenvalue weighted by atomic mass is 9.91. The maximum atomic E-state index is 12.1. The van der Waals surface area contributed by atoms with Crippen LogP contribution in [0.25, 0.3) is 0 Å². The van der Waals surface area contributed by atoms with Gasteiger partial charge in [0.1, 0.15) is 0 Å². The van der Waals surface area contributed by atoms with Crippen molar-refractivity contribution >= 4 is 5.91 Å². The first-order valence-electron chi connectivity index (χ1n) is 6.14. The summed E-state index contributed by atoms with van der Waals surface area (Å²) in [7, 11) is 1.82. The van der Waals surface area contributed by atoms with Gasteiger partial charge in [0, 0.05) is 25.3 Å². The molecule has 0 spiro atoms. The number of carbonyl (C=O) groups is 1. The van der Waals surface area contributed by atoms with Crippen LogP contribution in [0.3, 0.4) is 0 Å². The maximum absolute atomic E-state index is 12.1. The van der Waals surface area contributed by atoms with Crippen LogP contribution in [-0.2, 0) is 7.05 Å². The van der Waals surface area contributed by atoms with E-state index in [2.05, 4.69) is 10.4 Å². The molecule has 0 saturated heterocycles. The van der Waals surface area contributed by atoms with Crippen LogP contribution in [-0.4, -0.2) is 27.8 Å². The molecule has 1 aromatic heterocycles. The Bertz CT molecular complexity index is 413. The third kappa shape index (κ3) is 2.66. The zero-order valence-electron chi connectivity index (χ0n) is 10.4. The van der Waals surface area contributed by atoms with Crippen molar-refractivity contribution in [1.82, 2.24) is 15.1 Å². The highest BCUT2D eigenvalue weighted by Gasteiger charge is 2.24. The van der Waals surface area contributed by atoms with Crippen LogP contribution in [0.15, 0.2) is 6.20 Å². The molecule has 1 aliphatic carbocycles. The molecule has 5 heteroatoms. The Labute approximate surface area is 101 Å². The van der Waals surface area contributed by atoms with Gasteiger partial charge in [-0.2, -0.15) is 5.10 Å². The van der Waals surface area contributed by atoms with Gasteiger partial charge < -0.3 is 11.1 Å². The molecule has 1 aliphatic rings. The topological polar surface area (TPSA) is 72.9 Å². The molecule has 94 valence electrons. The number of nitrogens with two attached hydrogens (primary N) is 1. The van der Waals surface area contributed by atoms with Crippen molar-refractivity contribution in [3.8, 4) is 0 Å². The average Bonchev–Trinajstić information content (AvgIpc) is 2.61. The molecule has 17 heavy (non-hydrogen) atoms. The molecule has 0 bridgehead atoms.